The molecule has 8 heteroatoms. The van der Waals surface area contributed by atoms with E-state index in [0.29, 0.717) is 11.8 Å². The predicted octanol–water partition coefficient (Wildman–Crippen LogP) is 14.2. The second-order valence-corrected chi connectivity index (χ2v) is 13.8. The normalized spacial score (nSPS) is 11.3. The summed E-state index contributed by atoms with van der Waals surface area (Å²) in [5.41, 5.74) is 12.1. The van der Waals surface area contributed by atoms with E-state index in [2.05, 4.69) is 68.3 Å². The van der Waals surface area contributed by atoms with Crippen molar-refractivity contribution in [1.29, 1.82) is 0 Å². The van der Waals surface area contributed by atoms with Gasteiger partial charge in [-0.05, 0) is 157 Å². The van der Waals surface area contributed by atoms with Crippen molar-refractivity contribution >= 4 is 56.3 Å². The third kappa shape index (κ3) is 6.73. The molecular formula is C50H32F2N4O2. The molecule has 0 N–H and O–H groups in total. The molecular weight excluding hydrogens is 727 g/mol. The number of hydrogen-bond donors (Lipinski definition) is 0. The Morgan fingerprint density at radius 1 is 0.310 bits per heavy atom. The first-order chi connectivity index (χ1) is 28.5. The van der Waals surface area contributed by atoms with Crippen LogP contribution in [0.1, 0.15) is 0 Å². The van der Waals surface area contributed by atoms with E-state index in [1.54, 1.807) is 24.3 Å². The highest BCUT2D eigenvalue weighted by Gasteiger charge is 2.17. The third-order valence-corrected chi connectivity index (χ3v) is 10.1. The van der Waals surface area contributed by atoms with Crippen LogP contribution < -0.4 is 9.80 Å². The zero-order chi connectivity index (χ0) is 39.0. The van der Waals surface area contributed by atoms with E-state index in [-0.39, 0.29) is 11.6 Å². The van der Waals surface area contributed by atoms with Crippen LogP contribution in [-0.2, 0) is 0 Å². The van der Waals surface area contributed by atoms with Crippen molar-refractivity contribution in [3.05, 3.63) is 206 Å². The monoisotopic (exact) mass is 758 g/mol. The molecule has 0 unspecified atom stereocenters. The third-order valence-electron chi connectivity index (χ3n) is 10.1. The van der Waals surface area contributed by atoms with Crippen molar-refractivity contribution in [1.82, 2.24) is 9.97 Å². The fourth-order valence-electron chi connectivity index (χ4n) is 7.18. The summed E-state index contributed by atoms with van der Waals surface area (Å²) in [6.07, 6.45) is 0. The van der Waals surface area contributed by atoms with Gasteiger partial charge in [0.2, 0.25) is 11.8 Å². The number of anilines is 6. The van der Waals surface area contributed by atoms with Crippen molar-refractivity contribution < 1.29 is 17.6 Å². The molecule has 0 aliphatic rings. The molecule has 2 aromatic heterocycles. The summed E-state index contributed by atoms with van der Waals surface area (Å²) >= 11 is 0. The Morgan fingerprint density at radius 3 is 0.897 bits per heavy atom. The molecule has 6 nitrogen and oxygen atoms in total. The van der Waals surface area contributed by atoms with Crippen molar-refractivity contribution in [2.24, 2.45) is 0 Å². The molecule has 0 fully saturated rings. The Balaban J connectivity index is 0.936. The molecule has 278 valence electrons. The van der Waals surface area contributed by atoms with Gasteiger partial charge in [-0.25, -0.2) is 18.7 Å². The molecule has 0 atom stereocenters. The average molecular weight is 759 g/mol. The van der Waals surface area contributed by atoms with Crippen LogP contribution in [0, 0.1) is 11.6 Å². The fourth-order valence-corrected chi connectivity index (χ4v) is 7.18. The van der Waals surface area contributed by atoms with Crippen molar-refractivity contribution in [2.75, 3.05) is 9.80 Å². The summed E-state index contributed by atoms with van der Waals surface area (Å²) in [4.78, 5) is 13.5. The highest BCUT2D eigenvalue weighted by molar-refractivity contribution is 5.83. The van der Waals surface area contributed by atoms with Crippen LogP contribution in [0.15, 0.2) is 203 Å². The van der Waals surface area contributed by atoms with Crippen LogP contribution in [0.3, 0.4) is 0 Å². The van der Waals surface area contributed by atoms with E-state index < -0.39 is 0 Å². The zero-order valence-electron chi connectivity index (χ0n) is 30.8. The number of para-hydroxylation sites is 4. The summed E-state index contributed by atoms with van der Waals surface area (Å²) in [5, 5.41) is 0. The molecule has 0 bridgehead atoms. The number of hydrogen-bond acceptors (Lipinski definition) is 6. The highest BCUT2D eigenvalue weighted by Crippen LogP contribution is 2.39. The van der Waals surface area contributed by atoms with Gasteiger partial charge in [0.25, 0.3) is 0 Å². The van der Waals surface area contributed by atoms with E-state index >= 15 is 0 Å². The lowest BCUT2D eigenvalue weighted by molar-refractivity contribution is 0.619. The molecule has 0 saturated heterocycles. The Bertz CT molecular complexity index is 2720. The first-order valence-electron chi connectivity index (χ1n) is 18.8. The maximum atomic E-state index is 14.1. The van der Waals surface area contributed by atoms with Crippen molar-refractivity contribution in [3.8, 4) is 34.0 Å². The number of halogens is 2. The maximum Gasteiger partial charge on any atom is 0.227 e. The lowest BCUT2D eigenvalue weighted by atomic mass is 10.0. The van der Waals surface area contributed by atoms with Crippen LogP contribution in [0.25, 0.3) is 56.2 Å². The van der Waals surface area contributed by atoms with Crippen molar-refractivity contribution in [3.63, 3.8) is 0 Å². The average Bonchev–Trinajstić information content (AvgIpc) is 3.92. The molecule has 0 aliphatic carbocycles. The van der Waals surface area contributed by atoms with Gasteiger partial charge in [-0.2, -0.15) is 0 Å². The lowest BCUT2D eigenvalue weighted by Gasteiger charge is -2.26. The fraction of sp³-hybridized carbons (Fsp3) is 0. The molecule has 10 aromatic rings. The minimum absolute atomic E-state index is 0.302. The van der Waals surface area contributed by atoms with E-state index in [9.17, 15) is 8.78 Å². The predicted molar refractivity (Wildman–Crippen MR) is 227 cm³/mol. The molecule has 0 saturated carbocycles. The van der Waals surface area contributed by atoms with Crippen LogP contribution in [-0.4, -0.2) is 9.97 Å². The second kappa shape index (κ2) is 14.7. The molecule has 10 rings (SSSR count). The van der Waals surface area contributed by atoms with Crippen molar-refractivity contribution in [2.45, 2.75) is 0 Å². The molecule has 0 spiro atoms. The Hall–Kier alpha value is -7.84. The largest absolute Gasteiger partial charge is 0.436 e. The summed E-state index contributed by atoms with van der Waals surface area (Å²) in [6, 6.07) is 60.8. The van der Waals surface area contributed by atoms with Gasteiger partial charge in [0, 0.05) is 45.3 Å². The molecule has 0 radical (unpaired) electrons. The molecule has 0 aliphatic heterocycles. The summed E-state index contributed by atoms with van der Waals surface area (Å²) in [6.45, 7) is 0. The first kappa shape index (κ1) is 34.6. The summed E-state index contributed by atoms with van der Waals surface area (Å²) in [7, 11) is 0. The van der Waals surface area contributed by atoms with E-state index in [4.69, 9.17) is 8.83 Å². The molecule has 8 aromatic carbocycles. The smallest absolute Gasteiger partial charge is 0.227 e. The first-order valence-corrected chi connectivity index (χ1v) is 18.8. The van der Waals surface area contributed by atoms with Gasteiger partial charge in [0.1, 0.15) is 22.7 Å². The minimum Gasteiger partial charge on any atom is -0.436 e. The Kier molecular flexibility index (Phi) is 8.76. The van der Waals surface area contributed by atoms with E-state index in [0.717, 1.165) is 78.6 Å². The van der Waals surface area contributed by atoms with Crippen LogP contribution >= 0.6 is 0 Å². The van der Waals surface area contributed by atoms with Gasteiger partial charge in [0.15, 0.2) is 11.2 Å². The Morgan fingerprint density at radius 2 is 0.586 bits per heavy atom. The van der Waals surface area contributed by atoms with Crippen LogP contribution in [0.4, 0.5) is 42.9 Å². The number of aromatic nitrogens is 2. The standard InChI is InChI=1S/C50H32F2N4O2/c51-37-17-29-43(30-18-37)55(41-25-13-35(14-26-41)49-53-45-5-1-3-7-47(45)57-49)39-21-9-33(10-22-39)34-11-23-40(24-12-34)56(44-31-19-38(52)20-32-44)42-27-15-36(16-28-42)50-54-46-6-2-4-8-48(46)58-50/h1-32H. The maximum absolute atomic E-state index is 14.1. The van der Waals surface area contributed by atoms with Crippen LogP contribution in [0.5, 0.6) is 0 Å². The number of nitrogens with zero attached hydrogens (tertiary/aromatic N) is 4. The summed E-state index contributed by atoms with van der Waals surface area (Å²) in [5.74, 6) is 0.492. The van der Waals surface area contributed by atoms with Crippen LogP contribution in [0.2, 0.25) is 0 Å². The SMILES string of the molecule is Fc1ccc(N(c2ccc(-c3ccc(N(c4ccc(F)cc4)c4ccc(-c5nc6ccccc6o5)cc4)cc3)cc2)c2ccc(-c3nc4ccccc4o3)cc2)cc1. The highest BCUT2D eigenvalue weighted by atomic mass is 19.1. The molecule has 2 heterocycles. The number of benzene rings is 8. The minimum atomic E-state index is -0.302. The van der Waals surface area contributed by atoms with Gasteiger partial charge in [0.05, 0.1) is 0 Å². The van der Waals surface area contributed by atoms with Gasteiger partial charge < -0.3 is 18.6 Å². The molecule has 0 amide bonds. The Labute approximate surface area is 332 Å². The second-order valence-electron chi connectivity index (χ2n) is 13.8. The van der Waals surface area contributed by atoms with Gasteiger partial charge >= 0.3 is 0 Å². The van der Waals surface area contributed by atoms with Gasteiger partial charge in [-0.15, -0.1) is 0 Å². The number of rotatable bonds is 9. The number of fused-ring (bicyclic) bond motifs is 2. The lowest BCUT2D eigenvalue weighted by Crippen LogP contribution is -2.10. The zero-order valence-corrected chi connectivity index (χ0v) is 30.8. The summed E-state index contributed by atoms with van der Waals surface area (Å²) < 4.78 is 40.1. The van der Waals surface area contributed by atoms with Gasteiger partial charge in [-0.3, -0.25) is 0 Å². The quantitative estimate of drug-likeness (QED) is 0.146. The van der Waals surface area contributed by atoms with E-state index in [1.165, 1.54) is 24.3 Å². The van der Waals surface area contributed by atoms with Gasteiger partial charge in [-0.1, -0.05) is 48.5 Å². The number of oxazole rings is 2. The topological polar surface area (TPSA) is 58.5 Å². The molecule has 58 heavy (non-hydrogen) atoms. The van der Waals surface area contributed by atoms with E-state index in [1.807, 2.05) is 97.1 Å².